The van der Waals surface area contributed by atoms with Gasteiger partial charge < -0.3 is 5.73 Å². The summed E-state index contributed by atoms with van der Waals surface area (Å²) in [6.45, 7) is 2.17. The number of allylic oxidation sites excluding steroid dienone is 11. The smallest absolute Gasteiger partial charge is 0.0467 e. The average Bonchev–Trinajstić information content (AvgIpc) is 3.23. The molecule has 0 saturated carbocycles. The Balaban J connectivity index is 1.25. The van der Waals surface area contributed by atoms with Gasteiger partial charge in [0.05, 0.1) is 0 Å². The summed E-state index contributed by atoms with van der Waals surface area (Å²) in [5, 5.41) is 7.95. The topological polar surface area (TPSA) is 26.0 Å². The van der Waals surface area contributed by atoms with Gasteiger partial charge >= 0.3 is 0 Å². The molecule has 0 fully saturated rings. The fraction of sp³-hybridized carbons (Fsp3) is 0.154. The predicted molar refractivity (Wildman–Crippen MR) is 238 cm³/mol. The second-order valence-corrected chi connectivity index (χ2v) is 15.8. The van der Waals surface area contributed by atoms with Crippen molar-refractivity contribution in [2.75, 3.05) is 4.43 Å². The molecule has 0 bridgehead atoms. The van der Waals surface area contributed by atoms with E-state index in [2.05, 4.69) is 193 Å². The monoisotopic (exact) mass is 809 g/mol. The third-order valence-electron chi connectivity index (χ3n) is 11.7. The van der Waals surface area contributed by atoms with E-state index in [1.165, 1.54) is 76.2 Å². The Morgan fingerprint density at radius 2 is 1.31 bits per heavy atom. The Morgan fingerprint density at radius 3 is 2.06 bits per heavy atom. The highest BCUT2D eigenvalue weighted by atomic mass is 127. The molecule has 54 heavy (non-hydrogen) atoms. The average molecular weight is 810 g/mol. The Morgan fingerprint density at radius 1 is 0.685 bits per heavy atom. The molecule has 5 aromatic rings. The summed E-state index contributed by atoms with van der Waals surface area (Å²) in [6, 6.07) is 42.5. The van der Waals surface area contributed by atoms with E-state index in [0.717, 1.165) is 46.9 Å². The Bertz CT molecular complexity index is 2770. The molecule has 0 aliphatic heterocycles. The molecule has 0 aromatic heterocycles. The lowest BCUT2D eigenvalue weighted by atomic mass is 9.67. The summed E-state index contributed by atoms with van der Waals surface area (Å²) in [5.41, 5.74) is 21.3. The van der Waals surface area contributed by atoms with E-state index in [-0.39, 0.29) is 11.8 Å². The lowest BCUT2D eigenvalue weighted by molar-refractivity contribution is 0.680. The van der Waals surface area contributed by atoms with E-state index in [1.807, 2.05) is 0 Å². The number of hydrogen-bond acceptors (Lipinski definition) is 1. The molecule has 4 aliphatic rings. The molecule has 5 aromatic carbocycles. The van der Waals surface area contributed by atoms with Crippen LogP contribution < -0.4 is 26.6 Å². The van der Waals surface area contributed by atoms with Gasteiger partial charge in [-0.3, -0.25) is 0 Å². The lowest BCUT2D eigenvalue weighted by Gasteiger charge is -2.36. The van der Waals surface area contributed by atoms with Crippen molar-refractivity contribution in [1.82, 2.24) is 0 Å². The summed E-state index contributed by atoms with van der Waals surface area (Å²) < 4.78 is 0.923. The fourth-order valence-corrected chi connectivity index (χ4v) is 9.46. The zero-order valence-electron chi connectivity index (χ0n) is 30.7. The van der Waals surface area contributed by atoms with Crippen LogP contribution in [0.3, 0.4) is 0 Å². The van der Waals surface area contributed by atoms with Crippen LogP contribution >= 0.6 is 22.6 Å². The first kappa shape index (κ1) is 34.6. The van der Waals surface area contributed by atoms with Crippen molar-refractivity contribution in [2.24, 2.45) is 17.6 Å². The van der Waals surface area contributed by atoms with Crippen molar-refractivity contribution in [1.29, 1.82) is 0 Å². The predicted octanol–water partition coefficient (Wildman–Crippen LogP) is 9.67. The molecule has 1 nitrogen and oxygen atoms in total. The van der Waals surface area contributed by atoms with Gasteiger partial charge in [-0.15, -0.1) is 0 Å². The Kier molecular flexibility index (Phi) is 9.55. The second kappa shape index (κ2) is 14.9. The number of fused-ring (bicyclic) bond motifs is 4. The van der Waals surface area contributed by atoms with Gasteiger partial charge in [0.25, 0.3) is 0 Å². The fourth-order valence-electron chi connectivity index (χ4n) is 9.20. The maximum Gasteiger partial charge on any atom is 0.0467 e. The first-order valence-corrected chi connectivity index (χ1v) is 20.8. The molecule has 0 amide bonds. The summed E-state index contributed by atoms with van der Waals surface area (Å²) >= 11 is 2.42. The minimum atomic E-state index is 0.253. The molecular weight excluding hydrogens is 765 g/mol. The number of nitrogens with two attached hydrogens (primary N) is 1. The van der Waals surface area contributed by atoms with Gasteiger partial charge in [-0.05, 0) is 115 Å². The van der Waals surface area contributed by atoms with Crippen LogP contribution in [-0.2, 0) is 0 Å². The summed E-state index contributed by atoms with van der Waals surface area (Å²) in [4.78, 5) is 0. The van der Waals surface area contributed by atoms with Crippen LogP contribution in [-0.4, -0.2) is 4.43 Å². The third-order valence-corrected chi connectivity index (χ3v) is 12.2. The number of alkyl halides is 1. The van der Waals surface area contributed by atoms with Crippen molar-refractivity contribution in [3.05, 3.63) is 218 Å². The van der Waals surface area contributed by atoms with Crippen LogP contribution in [0.4, 0.5) is 0 Å². The number of halogens is 1. The van der Waals surface area contributed by atoms with Crippen molar-refractivity contribution in [3.8, 4) is 0 Å². The maximum atomic E-state index is 7.12. The summed E-state index contributed by atoms with van der Waals surface area (Å²) in [6.07, 6.45) is 22.8. The van der Waals surface area contributed by atoms with E-state index in [1.54, 1.807) is 0 Å². The number of hydrogen-bond donors (Lipinski definition) is 1. The molecule has 2 heteroatoms. The molecule has 2 unspecified atom stereocenters. The van der Waals surface area contributed by atoms with Crippen LogP contribution in [0.1, 0.15) is 42.4 Å². The number of rotatable bonds is 7. The number of aryl methyl sites for hydroxylation is 1. The standard InChI is InChI=1S/C52H44IN/c1-34-23-25-36(26-24-34)41-29-30-49(44-17-5-4-16-43(41)44)51-47-20-8-6-18-45(47)50(46-19-7-9-21-48(46)51)39-15-10-14-38(33-39)42(22-11-31-53)52(54)40-28-27-35-12-2-3-13-37(35)32-40/h2-9,11-14,16-28,32-33,45,47H,10,15,29-31,54H2,1H3/b22-11-,52-42+. The minimum absolute atomic E-state index is 0.253. The SMILES string of the molecule is Cc1ccc(C2=c3ccccc3=C(C3=c4ccccc4=C(C4=CC(C(/C=C\CI)=C(/N)c5ccc6ccccc6c5)=CCC4)C4C=CC=CC34)CC2)cc1. The van der Waals surface area contributed by atoms with Gasteiger partial charge in [-0.1, -0.05) is 186 Å². The van der Waals surface area contributed by atoms with Crippen LogP contribution in [0, 0.1) is 18.8 Å². The molecule has 0 spiro atoms. The summed E-state index contributed by atoms with van der Waals surface area (Å²) in [5.74, 6) is 0.513. The molecule has 0 radical (unpaired) electrons. The van der Waals surface area contributed by atoms with E-state index < -0.39 is 0 Å². The van der Waals surface area contributed by atoms with Gasteiger partial charge in [-0.25, -0.2) is 0 Å². The van der Waals surface area contributed by atoms with Crippen LogP contribution in [0.15, 0.2) is 181 Å². The molecular formula is C52H44IN. The highest BCUT2D eigenvalue weighted by molar-refractivity contribution is 14.1. The van der Waals surface area contributed by atoms with Crippen LogP contribution in [0.5, 0.6) is 0 Å². The molecule has 9 rings (SSSR count). The van der Waals surface area contributed by atoms with Gasteiger partial charge in [0, 0.05) is 27.5 Å². The van der Waals surface area contributed by atoms with Gasteiger partial charge in [0.2, 0.25) is 0 Å². The Labute approximate surface area is 332 Å². The third kappa shape index (κ3) is 6.31. The highest BCUT2D eigenvalue weighted by Crippen LogP contribution is 2.44. The zero-order chi connectivity index (χ0) is 36.6. The largest absolute Gasteiger partial charge is 0.398 e. The maximum absolute atomic E-state index is 7.12. The molecule has 0 heterocycles. The molecule has 4 aliphatic carbocycles. The summed E-state index contributed by atoms with van der Waals surface area (Å²) in [7, 11) is 0. The normalized spacial score (nSPS) is 19.7. The van der Waals surface area contributed by atoms with Gasteiger partial charge in [-0.2, -0.15) is 0 Å². The molecule has 264 valence electrons. The highest BCUT2D eigenvalue weighted by Gasteiger charge is 2.34. The molecule has 2 N–H and O–H groups in total. The first-order chi connectivity index (χ1) is 26.6. The van der Waals surface area contributed by atoms with Gasteiger partial charge in [0.1, 0.15) is 0 Å². The van der Waals surface area contributed by atoms with E-state index in [4.69, 9.17) is 5.73 Å². The first-order valence-electron chi connectivity index (χ1n) is 19.3. The minimum Gasteiger partial charge on any atom is -0.398 e. The van der Waals surface area contributed by atoms with E-state index in [9.17, 15) is 0 Å². The quantitative estimate of drug-likeness (QED) is 0.0990. The molecule has 0 saturated heterocycles. The van der Waals surface area contributed by atoms with Crippen molar-refractivity contribution in [3.63, 3.8) is 0 Å². The van der Waals surface area contributed by atoms with Crippen LogP contribution in [0.2, 0.25) is 0 Å². The van der Waals surface area contributed by atoms with Gasteiger partial charge in [0.15, 0.2) is 0 Å². The van der Waals surface area contributed by atoms with E-state index in [0.29, 0.717) is 0 Å². The molecule has 2 atom stereocenters. The second-order valence-electron chi connectivity index (χ2n) is 14.9. The van der Waals surface area contributed by atoms with Crippen LogP contribution in [0.25, 0.3) is 38.8 Å². The van der Waals surface area contributed by atoms with Crippen molar-refractivity contribution >= 4 is 61.4 Å². The lowest BCUT2D eigenvalue weighted by Crippen LogP contribution is -2.43. The number of benzene rings is 5. The zero-order valence-corrected chi connectivity index (χ0v) is 32.9. The van der Waals surface area contributed by atoms with Crippen molar-refractivity contribution < 1.29 is 0 Å². The van der Waals surface area contributed by atoms with E-state index >= 15 is 0 Å². The van der Waals surface area contributed by atoms with Crippen molar-refractivity contribution in [2.45, 2.75) is 32.6 Å². The Hall–Kier alpha value is -5.19.